The summed E-state index contributed by atoms with van der Waals surface area (Å²) >= 11 is 0. The van der Waals surface area contributed by atoms with Crippen molar-refractivity contribution in [3.05, 3.63) is 66.4 Å². The number of nitriles is 1. The molecule has 2 atom stereocenters. The molecule has 4 rings (SSSR count). The first kappa shape index (κ1) is 25.2. The molecule has 1 amide bonds. The molecule has 1 aromatic heterocycles. The lowest BCUT2D eigenvalue weighted by molar-refractivity contribution is 0.0906. The Kier molecular flexibility index (Phi) is 7.87. The summed E-state index contributed by atoms with van der Waals surface area (Å²) in [6, 6.07) is 18.2. The number of hydrogen-bond acceptors (Lipinski definition) is 6. The lowest BCUT2D eigenvalue weighted by Gasteiger charge is -2.33. The van der Waals surface area contributed by atoms with E-state index in [1.807, 2.05) is 42.5 Å². The SMILES string of the molecule is C=C(C#N)CNc1c(OC)ccc2ccc(-c3cccc(C(=O)NC4CCCC(N(C)C)C4)n3)cc12. The molecule has 2 aromatic carbocycles. The van der Waals surface area contributed by atoms with Crippen LogP contribution >= 0.6 is 0 Å². The highest BCUT2D eigenvalue weighted by Gasteiger charge is 2.25. The van der Waals surface area contributed by atoms with Crippen molar-refractivity contribution in [1.29, 1.82) is 5.26 Å². The molecule has 2 unspecified atom stereocenters. The summed E-state index contributed by atoms with van der Waals surface area (Å²) in [6.45, 7) is 4.07. The van der Waals surface area contributed by atoms with Gasteiger partial charge >= 0.3 is 0 Å². The van der Waals surface area contributed by atoms with Crippen LogP contribution in [0.5, 0.6) is 5.75 Å². The Labute approximate surface area is 212 Å². The van der Waals surface area contributed by atoms with Crippen molar-refractivity contribution < 1.29 is 9.53 Å². The average Bonchev–Trinajstić information content (AvgIpc) is 2.91. The van der Waals surface area contributed by atoms with E-state index in [0.29, 0.717) is 29.6 Å². The number of ether oxygens (including phenoxy) is 1. The van der Waals surface area contributed by atoms with E-state index in [1.54, 1.807) is 13.2 Å². The van der Waals surface area contributed by atoms with Gasteiger partial charge in [-0.05, 0) is 69.4 Å². The third-order valence-corrected chi connectivity index (χ3v) is 6.83. The summed E-state index contributed by atoms with van der Waals surface area (Å²) in [7, 11) is 5.81. The topological polar surface area (TPSA) is 90.3 Å². The van der Waals surface area contributed by atoms with Gasteiger partial charge in [0.1, 0.15) is 11.4 Å². The molecule has 0 radical (unpaired) electrons. The fraction of sp³-hybridized carbons (Fsp3) is 0.345. The van der Waals surface area contributed by atoms with Crippen LogP contribution in [0.25, 0.3) is 22.0 Å². The van der Waals surface area contributed by atoms with Gasteiger partial charge in [0.25, 0.3) is 5.91 Å². The molecular formula is C29H33N5O2. The molecule has 1 saturated carbocycles. The summed E-state index contributed by atoms with van der Waals surface area (Å²) in [5.41, 5.74) is 3.23. The molecule has 1 heterocycles. The Balaban J connectivity index is 1.60. The predicted octanol–water partition coefficient (Wildman–Crippen LogP) is 5.00. The summed E-state index contributed by atoms with van der Waals surface area (Å²) in [6.07, 6.45) is 4.23. The van der Waals surface area contributed by atoms with Gasteiger partial charge in [0.2, 0.25) is 0 Å². The number of aromatic nitrogens is 1. The molecule has 36 heavy (non-hydrogen) atoms. The molecule has 3 aromatic rings. The summed E-state index contributed by atoms with van der Waals surface area (Å²) in [4.78, 5) is 20.0. The van der Waals surface area contributed by atoms with E-state index in [2.05, 4.69) is 42.3 Å². The number of fused-ring (bicyclic) bond motifs is 1. The highest BCUT2D eigenvalue weighted by atomic mass is 16.5. The second kappa shape index (κ2) is 11.2. The maximum Gasteiger partial charge on any atom is 0.270 e. The highest BCUT2D eigenvalue weighted by Crippen LogP contribution is 2.35. The zero-order valence-electron chi connectivity index (χ0n) is 21.2. The molecule has 1 fully saturated rings. The van der Waals surface area contributed by atoms with Gasteiger partial charge < -0.3 is 20.3 Å². The number of hydrogen-bond donors (Lipinski definition) is 2. The molecule has 1 aliphatic rings. The molecule has 186 valence electrons. The van der Waals surface area contributed by atoms with Crippen molar-refractivity contribution in [3.8, 4) is 23.1 Å². The van der Waals surface area contributed by atoms with Gasteiger partial charge in [-0.2, -0.15) is 5.26 Å². The lowest BCUT2D eigenvalue weighted by atomic mass is 9.90. The molecule has 0 aliphatic heterocycles. The van der Waals surface area contributed by atoms with Gasteiger partial charge in [-0.1, -0.05) is 30.8 Å². The highest BCUT2D eigenvalue weighted by molar-refractivity contribution is 5.99. The van der Waals surface area contributed by atoms with Gasteiger partial charge in [-0.15, -0.1) is 0 Å². The van der Waals surface area contributed by atoms with Crippen LogP contribution in [0.2, 0.25) is 0 Å². The van der Waals surface area contributed by atoms with E-state index in [0.717, 1.165) is 47.0 Å². The van der Waals surface area contributed by atoms with Gasteiger partial charge in [-0.3, -0.25) is 4.79 Å². The zero-order valence-corrected chi connectivity index (χ0v) is 21.2. The molecule has 0 bridgehead atoms. The maximum atomic E-state index is 13.1. The van der Waals surface area contributed by atoms with Gasteiger partial charge in [0.15, 0.2) is 0 Å². The number of rotatable bonds is 8. The maximum absolute atomic E-state index is 13.1. The van der Waals surface area contributed by atoms with Crippen LogP contribution in [0.4, 0.5) is 5.69 Å². The van der Waals surface area contributed by atoms with Crippen LogP contribution in [0, 0.1) is 11.3 Å². The smallest absolute Gasteiger partial charge is 0.270 e. The van der Waals surface area contributed by atoms with Crippen molar-refractivity contribution in [3.63, 3.8) is 0 Å². The van der Waals surface area contributed by atoms with E-state index in [-0.39, 0.29) is 11.9 Å². The fourth-order valence-corrected chi connectivity index (χ4v) is 4.79. The summed E-state index contributed by atoms with van der Waals surface area (Å²) in [5, 5.41) is 17.5. The van der Waals surface area contributed by atoms with Crippen molar-refractivity contribution >= 4 is 22.4 Å². The Bertz CT molecular complexity index is 1310. The third kappa shape index (κ3) is 5.67. The first-order valence-corrected chi connectivity index (χ1v) is 12.3. The molecule has 0 saturated heterocycles. The monoisotopic (exact) mass is 483 g/mol. The molecule has 1 aliphatic carbocycles. The van der Waals surface area contributed by atoms with E-state index < -0.39 is 0 Å². The third-order valence-electron chi connectivity index (χ3n) is 6.83. The number of carbonyl (C=O) groups excluding carboxylic acids is 1. The number of nitrogens with one attached hydrogen (secondary N) is 2. The van der Waals surface area contributed by atoms with Crippen LogP contribution < -0.4 is 15.4 Å². The number of methoxy groups -OCH3 is 1. The van der Waals surface area contributed by atoms with Gasteiger partial charge in [0.05, 0.1) is 24.6 Å². The number of benzene rings is 2. The van der Waals surface area contributed by atoms with Gasteiger partial charge in [-0.25, -0.2) is 4.98 Å². The van der Waals surface area contributed by atoms with E-state index in [1.165, 1.54) is 6.42 Å². The zero-order chi connectivity index (χ0) is 25.7. The van der Waals surface area contributed by atoms with Crippen molar-refractivity contribution in [2.75, 3.05) is 33.1 Å². The van der Waals surface area contributed by atoms with Crippen LogP contribution in [-0.4, -0.2) is 55.6 Å². The van der Waals surface area contributed by atoms with E-state index in [9.17, 15) is 4.79 Å². The minimum atomic E-state index is -0.138. The van der Waals surface area contributed by atoms with Gasteiger partial charge in [0, 0.05) is 35.2 Å². The second-order valence-electron chi connectivity index (χ2n) is 9.51. The standard InChI is InChI=1S/C29H33N5O2/c1-19(17-30)18-31-28-24-15-21(12-11-20(24)13-14-27(28)36-4)25-9-6-10-26(33-25)29(35)32-22-7-5-8-23(16-22)34(2)3/h6,9-15,22-23,31H,1,5,7-8,16,18H2,2-4H3,(H,32,35). The predicted molar refractivity (Wildman–Crippen MR) is 144 cm³/mol. The van der Waals surface area contributed by atoms with Crippen LogP contribution in [0.1, 0.15) is 36.2 Å². The van der Waals surface area contributed by atoms with Crippen molar-refractivity contribution in [1.82, 2.24) is 15.2 Å². The molecule has 2 N–H and O–H groups in total. The first-order chi connectivity index (χ1) is 17.4. The normalized spacial score (nSPS) is 17.4. The van der Waals surface area contributed by atoms with Crippen molar-refractivity contribution in [2.45, 2.75) is 37.8 Å². The summed E-state index contributed by atoms with van der Waals surface area (Å²) < 4.78 is 5.56. The van der Waals surface area contributed by atoms with E-state index >= 15 is 0 Å². The van der Waals surface area contributed by atoms with Crippen molar-refractivity contribution in [2.24, 2.45) is 0 Å². The average molecular weight is 484 g/mol. The second-order valence-corrected chi connectivity index (χ2v) is 9.51. The fourth-order valence-electron chi connectivity index (χ4n) is 4.79. The largest absolute Gasteiger partial charge is 0.495 e. The Morgan fingerprint density at radius 1 is 1.22 bits per heavy atom. The summed E-state index contributed by atoms with van der Waals surface area (Å²) in [5.74, 6) is 0.538. The quantitative estimate of drug-likeness (QED) is 0.438. The Morgan fingerprint density at radius 2 is 2.03 bits per heavy atom. The number of carbonyl (C=O) groups is 1. The van der Waals surface area contributed by atoms with E-state index in [4.69, 9.17) is 15.0 Å². The van der Waals surface area contributed by atoms with Crippen LogP contribution in [0.15, 0.2) is 60.7 Å². The van der Waals surface area contributed by atoms with Crippen LogP contribution in [-0.2, 0) is 0 Å². The number of nitrogens with zero attached hydrogens (tertiary/aromatic N) is 3. The first-order valence-electron chi connectivity index (χ1n) is 12.3. The minimum Gasteiger partial charge on any atom is -0.495 e. The van der Waals surface area contributed by atoms with Crippen LogP contribution in [0.3, 0.4) is 0 Å². The molecule has 7 nitrogen and oxygen atoms in total. The molecule has 7 heteroatoms. The number of amides is 1. The lowest BCUT2D eigenvalue weighted by Crippen LogP contribution is -2.43. The molecule has 0 spiro atoms. The number of pyridine rings is 1. The Hall–Kier alpha value is -3.89. The number of anilines is 1. The Morgan fingerprint density at radius 3 is 2.78 bits per heavy atom. The molecular weight excluding hydrogens is 450 g/mol. The minimum absolute atomic E-state index is 0.138.